The lowest BCUT2D eigenvalue weighted by atomic mass is 10.00. The first kappa shape index (κ1) is 19.0. The molecule has 0 fully saturated rings. The maximum absolute atomic E-state index is 5.66. The van der Waals surface area contributed by atoms with Gasteiger partial charge in [0.25, 0.3) is 0 Å². The molecule has 0 saturated heterocycles. The van der Waals surface area contributed by atoms with Gasteiger partial charge in [-0.05, 0) is 54.7 Å². The molecular formula is C24H26N2O4. The van der Waals surface area contributed by atoms with Crippen molar-refractivity contribution in [3.63, 3.8) is 0 Å². The third-order valence-electron chi connectivity index (χ3n) is 5.78. The number of fused-ring (bicyclic) bond motifs is 4. The van der Waals surface area contributed by atoms with Gasteiger partial charge in [-0.2, -0.15) is 0 Å². The highest BCUT2D eigenvalue weighted by Gasteiger charge is 2.21. The molecule has 0 amide bonds. The van der Waals surface area contributed by atoms with Gasteiger partial charge in [-0.3, -0.25) is 9.88 Å². The highest BCUT2D eigenvalue weighted by Crippen LogP contribution is 2.42. The van der Waals surface area contributed by atoms with E-state index in [9.17, 15) is 0 Å². The van der Waals surface area contributed by atoms with Crippen LogP contribution < -0.4 is 18.9 Å². The van der Waals surface area contributed by atoms with E-state index in [-0.39, 0.29) is 13.6 Å². The first-order valence-corrected chi connectivity index (χ1v) is 10.6. The van der Waals surface area contributed by atoms with Crippen LogP contribution in [-0.2, 0) is 6.54 Å². The molecule has 0 bridgehead atoms. The summed E-state index contributed by atoms with van der Waals surface area (Å²) in [6, 6.07) is 10.3. The molecule has 1 aromatic heterocycles. The number of pyridine rings is 1. The van der Waals surface area contributed by atoms with E-state index in [0.29, 0.717) is 0 Å². The van der Waals surface area contributed by atoms with Gasteiger partial charge in [0.2, 0.25) is 13.6 Å². The number of unbranched alkanes of at least 4 members (excludes halogenated alkanes) is 1. The molecule has 0 saturated carbocycles. The lowest BCUT2D eigenvalue weighted by Crippen LogP contribution is -2.24. The number of rotatable bonds is 7. The summed E-state index contributed by atoms with van der Waals surface area (Å²) in [5, 5.41) is 2.04. The smallest absolute Gasteiger partial charge is 0.231 e. The summed E-state index contributed by atoms with van der Waals surface area (Å²) in [6.45, 7) is 7.89. The lowest BCUT2D eigenvalue weighted by Gasteiger charge is -2.22. The molecule has 3 aromatic rings. The average Bonchev–Trinajstić information content (AvgIpc) is 3.44. The van der Waals surface area contributed by atoms with Gasteiger partial charge in [-0.1, -0.05) is 26.3 Å². The minimum atomic E-state index is 0.257. The molecule has 0 aliphatic carbocycles. The van der Waals surface area contributed by atoms with Crippen molar-refractivity contribution < 1.29 is 18.9 Å². The van der Waals surface area contributed by atoms with E-state index in [1.165, 1.54) is 18.4 Å². The van der Waals surface area contributed by atoms with Crippen LogP contribution in [0.5, 0.6) is 23.0 Å². The van der Waals surface area contributed by atoms with E-state index in [0.717, 1.165) is 64.7 Å². The molecule has 30 heavy (non-hydrogen) atoms. The second kappa shape index (κ2) is 8.03. The summed E-state index contributed by atoms with van der Waals surface area (Å²) >= 11 is 0. The summed E-state index contributed by atoms with van der Waals surface area (Å²) in [7, 11) is 0. The molecule has 0 unspecified atom stereocenters. The Morgan fingerprint density at radius 2 is 1.73 bits per heavy atom. The van der Waals surface area contributed by atoms with Crippen LogP contribution in [-0.4, -0.2) is 36.6 Å². The number of hydrogen-bond acceptors (Lipinski definition) is 6. The molecule has 0 atom stereocenters. The zero-order valence-electron chi connectivity index (χ0n) is 17.4. The SMILES string of the molecule is CCCCN(CC)Cc1cc2c(cc1-c1cc3ccc4c(c3cn1)OCO4)OCO2. The zero-order valence-corrected chi connectivity index (χ0v) is 17.4. The largest absolute Gasteiger partial charge is 0.454 e. The lowest BCUT2D eigenvalue weighted by molar-refractivity contribution is 0.174. The Kier molecular flexibility index (Phi) is 5.09. The molecule has 0 N–H and O–H groups in total. The minimum Gasteiger partial charge on any atom is -0.454 e. The summed E-state index contributed by atoms with van der Waals surface area (Å²) in [6.07, 6.45) is 4.25. The topological polar surface area (TPSA) is 53.1 Å². The monoisotopic (exact) mass is 406 g/mol. The van der Waals surface area contributed by atoms with Crippen molar-refractivity contribution in [3.8, 4) is 34.3 Å². The van der Waals surface area contributed by atoms with Crippen molar-refractivity contribution in [3.05, 3.63) is 42.1 Å². The molecule has 2 aliphatic rings. The molecule has 0 radical (unpaired) electrons. The Morgan fingerprint density at radius 3 is 2.57 bits per heavy atom. The van der Waals surface area contributed by atoms with Crippen molar-refractivity contribution in [1.29, 1.82) is 0 Å². The normalized spacial score (nSPS) is 14.1. The Morgan fingerprint density at radius 1 is 0.933 bits per heavy atom. The third kappa shape index (κ3) is 3.41. The summed E-state index contributed by atoms with van der Waals surface area (Å²) in [4.78, 5) is 7.25. The molecule has 6 heteroatoms. The first-order valence-electron chi connectivity index (χ1n) is 10.6. The molecular weight excluding hydrogens is 380 g/mol. The van der Waals surface area contributed by atoms with Gasteiger partial charge in [0.15, 0.2) is 23.0 Å². The second-order valence-corrected chi connectivity index (χ2v) is 7.67. The Balaban J connectivity index is 1.56. The van der Waals surface area contributed by atoms with Crippen LogP contribution in [0.15, 0.2) is 36.5 Å². The predicted molar refractivity (Wildman–Crippen MR) is 115 cm³/mol. The van der Waals surface area contributed by atoms with Crippen molar-refractivity contribution in [2.75, 3.05) is 26.7 Å². The minimum absolute atomic E-state index is 0.257. The van der Waals surface area contributed by atoms with Crippen molar-refractivity contribution >= 4 is 10.8 Å². The summed E-state index contributed by atoms with van der Waals surface area (Å²) in [5.74, 6) is 3.13. The van der Waals surface area contributed by atoms with E-state index < -0.39 is 0 Å². The Bertz CT molecular complexity index is 1080. The number of hydrogen-bond donors (Lipinski definition) is 0. The summed E-state index contributed by atoms with van der Waals surface area (Å²) < 4.78 is 22.4. The third-order valence-corrected chi connectivity index (χ3v) is 5.78. The number of benzene rings is 2. The number of aromatic nitrogens is 1. The zero-order chi connectivity index (χ0) is 20.5. The fourth-order valence-electron chi connectivity index (χ4n) is 4.06. The van der Waals surface area contributed by atoms with E-state index in [1.807, 2.05) is 12.3 Å². The maximum atomic E-state index is 5.66. The van der Waals surface area contributed by atoms with E-state index >= 15 is 0 Å². The van der Waals surface area contributed by atoms with Crippen LogP contribution in [0.1, 0.15) is 32.3 Å². The van der Waals surface area contributed by atoms with Gasteiger partial charge in [-0.15, -0.1) is 0 Å². The standard InChI is InChI=1S/C24H26N2O4/c1-3-5-8-26(4-2)13-17-10-22-23(29-14-28-22)11-18(17)20-9-16-6-7-21-24(30-15-27-21)19(16)12-25-20/h6-7,9-12H,3-5,8,13-15H2,1-2H3. The fraction of sp³-hybridized carbons (Fsp3) is 0.375. The van der Waals surface area contributed by atoms with Gasteiger partial charge >= 0.3 is 0 Å². The molecule has 0 spiro atoms. The number of nitrogens with zero attached hydrogens (tertiary/aromatic N) is 2. The van der Waals surface area contributed by atoms with Gasteiger partial charge in [0, 0.05) is 23.7 Å². The number of ether oxygens (including phenoxy) is 4. The van der Waals surface area contributed by atoms with E-state index in [2.05, 4.69) is 43.0 Å². The molecule has 2 aromatic carbocycles. The fourth-order valence-corrected chi connectivity index (χ4v) is 4.06. The Hall–Kier alpha value is -2.99. The van der Waals surface area contributed by atoms with Crippen LogP contribution in [0.3, 0.4) is 0 Å². The molecule has 5 rings (SSSR count). The van der Waals surface area contributed by atoms with Crippen LogP contribution in [0.25, 0.3) is 22.0 Å². The second-order valence-electron chi connectivity index (χ2n) is 7.67. The maximum Gasteiger partial charge on any atom is 0.231 e. The highest BCUT2D eigenvalue weighted by atomic mass is 16.7. The van der Waals surface area contributed by atoms with Gasteiger partial charge in [-0.25, -0.2) is 0 Å². The van der Waals surface area contributed by atoms with Crippen LogP contribution >= 0.6 is 0 Å². The van der Waals surface area contributed by atoms with Gasteiger partial charge < -0.3 is 18.9 Å². The quantitative estimate of drug-likeness (QED) is 0.552. The predicted octanol–water partition coefficient (Wildman–Crippen LogP) is 4.98. The highest BCUT2D eigenvalue weighted by molar-refractivity contribution is 5.93. The molecule has 156 valence electrons. The first-order chi connectivity index (χ1) is 14.8. The average molecular weight is 406 g/mol. The van der Waals surface area contributed by atoms with Crippen LogP contribution in [0, 0.1) is 0 Å². The van der Waals surface area contributed by atoms with Gasteiger partial charge in [0.05, 0.1) is 5.69 Å². The van der Waals surface area contributed by atoms with Crippen LogP contribution in [0.4, 0.5) is 0 Å². The molecule has 6 nitrogen and oxygen atoms in total. The van der Waals surface area contributed by atoms with Crippen molar-refractivity contribution in [2.24, 2.45) is 0 Å². The van der Waals surface area contributed by atoms with Crippen molar-refractivity contribution in [2.45, 2.75) is 33.2 Å². The summed E-state index contributed by atoms with van der Waals surface area (Å²) in [5.41, 5.74) is 3.19. The Labute approximate surface area is 176 Å². The van der Waals surface area contributed by atoms with E-state index in [4.69, 9.17) is 23.9 Å². The molecule has 2 aliphatic heterocycles. The van der Waals surface area contributed by atoms with Gasteiger partial charge in [0.1, 0.15) is 0 Å². The van der Waals surface area contributed by atoms with Crippen LogP contribution in [0.2, 0.25) is 0 Å². The van der Waals surface area contributed by atoms with E-state index in [1.54, 1.807) is 0 Å². The molecule has 3 heterocycles. The van der Waals surface area contributed by atoms with Crippen molar-refractivity contribution in [1.82, 2.24) is 9.88 Å².